The quantitative estimate of drug-likeness (QED) is 0.407. The highest BCUT2D eigenvalue weighted by atomic mass is 19.1. The molecule has 0 saturated heterocycles. The first-order valence-electron chi connectivity index (χ1n) is 9.17. The van der Waals surface area contributed by atoms with Crippen LogP contribution in [-0.2, 0) is 6.54 Å². The minimum Gasteiger partial charge on any atom is -0.350 e. The third kappa shape index (κ3) is 3.26. The number of fused-ring (bicyclic) bond motifs is 1. The average Bonchev–Trinajstić information content (AvgIpc) is 3.24. The van der Waals surface area contributed by atoms with Gasteiger partial charge < -0.3 is 10.6 Å². The molecule has 0 atom stereocenters. The lowest BCUT2D eigenvalue weighted by molar-refractivity contribution is 0.619. The van der Waals surface area contributed by atoms with Crippen LogP contribution in [0.25, 0.3) is 10.9 Å². The molecule has 9 heteroatoms. The number of nitrogens with zero attached hydrogens (tertiary/aromatic N) is 4. The normalized spacial score (nSPS) is 13.8. The topological polar surface area (TPSA) is 107 Å². The third-order valence-electron chi connectivity index (χ3n) is 4.83. The number of aromatic nitrogens is 6. The molecule has 8 nitrogen and oxygen atoms in total. The zero-order valence-corrected chi connectivity index (χ0v) is 15.3. The number of aromatic amines is 2. The number of anilines is 3. The first-order chi connectivity index (χ1) is 13.7. The van der Waals surface area contributed by atoms with Gasteiger partial charge in [0, 0.05) is 29.6 Å². The molecule has 0 amide bonds. The molecule has 1 aromatic carbocycles. The summed E-state index contributed by atoms with van der Waals surface area (Å²) >= 11 is 0. The second-order valence-corrected chi connectivity index (χ2v) is 7.11. The summed E-state index contributed by atoms with van der Waals surface area (Å²) in [6.07, 6.45) is 5.27. The van der Waals surface area contributed by atoms with E-state index in [1.807, 2.05) is 19.1 Å². The van der Waals surface area contributed by atoms with Crippen LogP contribution in [0.1, 0.15) is 35.6 Å². The molecule has 1 saturated carbocycles. The van der Waals surface area contributed by atoms with Gasteiger partial charge in [-0.05, 0) is 37.0 Å². The maximum atomic E-state index is 14.2. The van der Waals surface area contributed by atoms with Crippen molar-refractivity contribution in [2.45, 2.75) is 32.2 Å². The minimum atomic E-state index is -0.533. The molecule has 0 spiro atoms. The van der Waals surface area contributed by atoms with Crippen molar-refractivity contribution in [3.05, 3.63) is 53.2 Å². The van der Waals surface area contributed by atoms with Gasteiger partial charge >= 0.3 is 0 Å². The summed E-state index contributed by atoms with van der Waals surface area (Å²) in [5.74, 6) is 0.979. The van der Waals surface area contributed by atoms with Crippen molar-refractivity contribution < 1.29 is 4.39 Å². The Kier molecular flexibility index (Phi) is 3.92. The molecule has 4 aromatic rings. The summed E-state index contributed by atoms with van der Waals surface area (Å²) in [4.78, 5) is 8.30. The van der Waals surface area contributed by atoms with Crippen molar-refractivity contribution in [1.82, 2.24) is 30.4 Å². The molecule has 3 heterocycles. The predicted octanol–water partition coefficient (Wildman–Crippen LogP) is 3.76. The first kappa shape index (κ1) is 16.7. The lowest BCUT2D eigenvalue weighted by atomic mass is 10.1. The molecule has 142 valence electrons. The molecular formula is C19H19FN8. The van der Waals surface area contributed by atoms with Crippen LogP contribution in [0.5, 0.6) is 0 Å². The Labute approximate surface area is 160 Å². The van der Waals surface area contributed by atoms with Crippen LogP contribution in [0.3, 0.4) is 0 Å². The zero-order chi connectivity index (χ0) is 19.1. The largest absolute Gasteiger partial charge is 0.350 e. The number of aryl methyl sites for hydroxylation is 1. The van der Waals surface area contributed by atoms with E-state index in [2.05, 4.69) is 47.1 Å². The molecule has 1 aliphatic carbocycles. The van der Waals surface area contributed by atoms with E-state index in [9.17, 15) is 4.39 Å². The number of rotatable bonds is 6. The van der Waals surface area contributed by atoms with Gasteiger partial charge in [0.2, 0.25) is 5.95 Å². The molecule has 3 aromatic heterocycles. The molecule has 5 rings (SSSR count). The molecule has 28 heavy (non-hydrogen) atoms. The van der Waals surface area contributed by atoms with E-state index in [1.54, 1.807) is 6.20 Å². The fourth-order valence-corrected chi connectivity index (χ4v) is 3.27. The lowest BCUT2D eigenvalue weighted by Crippen LogP contribution is -2.07. The SMILES string of the molecule is Cc1cc(CNc2ncc(F)c(Nc3cc(C4CC4)[nH]n3)n2)c2cn[nH]c2c1. The molecule has 0 radical (unpaired) electrons. The number of benzene rings is 1. The number of nitrogens with one attached hydrogen (secondary N) is 4. The van der Waals surface area contributed by atoms with Crippen LogP contribution >= 0.6 is 0 Å². The molecule has 1 fully saturated rings. The van der Waals surface area contributed by atoms with Gasteiger partial charge in [-0.25, -0.2) is 9.37 Å². The van der Waals surface area contributed by atoms with Gasteiger partial charge in [-0.1, -0.05) is 6.07 Å². The highest BCUT2D eigenvalue weighted by Gasteiger charge is 2.25. The van der Waals surface area contributed by atoms with E-state index < -0.39 is 5.82 Å². The van der Waals surface area contributed by atoms with E-state index in [4.69, 9.17) is 0 Å². The highest BCUT2D eigenvalue weighted by Crippen LogP contribution is 2.39. The highest BCUT2D eigenvalue weighted by molar-refractivity contribution is 5.82. The Bertz CT molecular complexity index is 1140. The standard InChI is InChI=1S/C19H19FN8/c1-10-4-12(13-8-23-26-16(13)5-10)7-21-19-22-9-14(20)18(25-19)24-17-6-15(27-28-17)11-2-3-11/h4-6,8-9,11H,2-3,7H2,1H3,(H,23,26)(H3,21,22,24,25,27,28). The zero-order valence-electron chi connectivity index (χ0n) is 15.3. The van der Waals surface area contributed by atoms with Gasteiger partial charge in [0.1, 0.15) is 0 Å². The van der Waals surface area contributed by atoms with Crippen LogP contribution in [0.2, 0.25) is 0 Å². The molecule has 0 bridgehead atoms. The minimum absolute atomic E-state index is 0.0871. The van der Waals surface area contributed by atoms with E-state index in [0.717, 1.165) is 33.9 Å². The van der Waals surface area contributed by atoms with Crippen LogP contribution in [0, 0.1) is 12.7 Å². The fourth-order valence-electron chi connectivity index (χ4n) is 3.27. The lowest BCUT2D eigenvalue weighted by Gasteiger charge is -2.09. The third-order valence-corrected chi connectivity index (χ3v) is 4.83. The van der Waals surface area contributed by atoms with Crippen molar-refractivity contribution in [1.29, 1.82) is 0 Å². The van der Waals surface area contributed by atoms with Crippen LogP contribution in [0.4, 0.5) is 22.0 Å². The molecule has 0 unspecified atom stereocenters. The summed E-state index contributed by atoms with van der Waals surface area (Å²) in [5, 5.41) is 21.4. The molecule has 4 N–H and O–H groups in total. The summed E-state index contributed by atoms with van der Waals surface area (Å²) in [6, 6.07) is 6.02. The number of hydrogen-bond donors (Lipinski definition) is 4. The van der Waals surface area contributed by atoms with Crippen molar-refractivity contribution in [3.63, 3.8) is 0 Å². The number of halogens is 1. The Morgan fingerprint density at radius 1 is 1.18 bits per heavy atom. The summed E-state index contributed by atoms with van der Waals surface area (Å²) < 4.78 is 14.2. The second kappa shape index (κ2) is 6.59. The first-order valence-corrected chi connectivity index (χ1v) is 9.17. The van der Waals surface area contributed by atoms with Crippen molar-refractivity contribution in [2.24, 2.45) is 0 Å². The Morgan fingerprint density at radius 2 is 2.07 bits per heavy atom. The summed E-state index contributed by atoms with van der Waals surface area (Å²) in [6.45, 7) is 2.52. The van der Waals surface area contributed by atoms with E-state index in [1.165, 1.54) is 12.8 Å². The number of H-pyrrole nitrogens is 2. The molecule has 0 aliphatic heterocycles. The van der Waals surface area contributed by atoms with Gasteiger partial charge in [-0.2, -0.15) is 15.2 Å². The van der Waals surface area contributed by atoms with Gasteiger partial charge in [-0.15, -0.1) is 0 Å². The van der Waals surface area contributed by atoms with Crippen molar-refractivity contribution >= 4 is 28.5 Å². The van der Waals surface area contributed by atoms with E-state index >= 15 is 0 Å². The smallest absolute Gasteiger partial charge is 0.225 e. The van der Waals surface area contributed by atoms with E-state index in [0.29, 0.717) is 24.2 Å². The maximum Gasteiger partial charge on any atom is 0.225 e. The van der Waals surface area contributed by atoms with Gasteiger partial charge in [0.05, 0.1) is 17.9 Å². The predicted molar refractivity (Wildman–Crippen MR) is 104 cm³/mol. The Hall–Kier alpha value is -3.49. The van der Waals surface area contributed by atoms with Crippen molar-refractivity contribution in [2.75, 3.05) is 10.6 Å². The van der Waals surface area contributed by atoms with Gasteiger partial charge in [0.15, 0.2) is 17.5 Å². The monoisotopic (exact) mass is 378 g/mol. The second-order valence-electron chi connectivity index (χ2n) is 7.11. The Balaban J connectivity index is 1.34. The van der Waals surface area contributed by atoms with Gasteiger partial charge in [-0.3, -0.25) is 10.2 Å². The van der Waals surface area contributed by atoms with E-state index in [-0.39, 0.29) is 5.82 Å². The Morgan fingerprint density at radius 3 is 2.93 bits per heavy atom. The van der Waals surface area contributed by atoms with Crippen LogP contribution < -0.4 is 10.6 Å². The molecule has 1 aliphatic rings. The van der Waals surface area contributed by atoms with Crippen LogP contribution in [0.15, 0.2) is 30.6 Å². The van der Waals surface area contributed by atoms with Crippen molar-refractivity contribution in [3.8, 4) is 0 Å². The summed E-state index contributed by atoms with van der Waals surface area (Å²) in [5.41, 5.74) is 4.23. The fraction of sp³-hybridized carbons (Fsp3) is 0.263. The number of hydrogen-bond acceptors (Lipinski definition) is 6. The van der Waals surface area contributed by atoms with Crippen LogP contribution in [-0.4, -0.2) is 30.4 Å². The molecular weight excluding hydrogens is 359 g/mol. The maximum absolute atomic E-state index is 14.2. The average molecular weight is 378 g/mol. The van der Waals surface area contributed by atoms with Gasteiger partial charge in [0.25, 0.3) is 0 Å². The summed E-state index contributed by atoms with van der Waals surface area (Å²) in [7, 11) is 0.